The molecule has 1 aliphatic carbocycles. The van der Waals surface area contributed by atoms with Crippen LogP contribution in [0.25, 0.3) is 0 Å². The maximum Gasteiger partial charge on any atom is 0.573 e. The number of rotatable bonds is 9. The number of carbonyl (C=O) groups excluding carboxylic acids is 2. The third kappa shape index (κ3) is 6.59. The van der Waals surface area contributed by atoms with Gasteiger partial charge < -0.3 is 25.3 Å². The summed E-state index contributed by atoms with van der Waals surface area (Å²) in [7, 11) is 1.57. The summed E-state index contributed by atoms with van der Waals surface area (Å²) in [6.07, 6.45) is -2.56. The van der Waals surface area contributed by atoms with Crippen LogP contribution in [0.15, 0.2) is 23.2 Å². The average Bonchev–Trinajstić information content (AvgIpc) is 3.60. The van der Waals surface area contributed by atoms with E-state index >= 15 is 0 Å². The number of amides is 2. The number of methoxy groups -OCH3 is 1. The fourth-order valence-electron chi connectivity index (χ4n) is 5.62. The first-order valence-corrected chi connectivity index (χ1v) is 13.2. The highest BCUT2D eigenvalue weighted by atomic mass is 19.4. The molecule has 39 heavy (non-hydrogen) atoms. The molecule has 3 aliphatic rings. The number of nitrogens with two attached hydrogens (primary N) is 1. The molecule has 9 nitrogen and oxygen atoms in total. The summed E-state index contributed by atoms with van der Waals surface area (Å²) in [5.41, 5.74) is 5.49. The van der Waals surface area contributed by atoms with Crippen LogP contribution in [0, 0.1) is 11.8 Å². The van der Waals surface area contributed by atoms with Crippen LogP contribution in [0.1, 0.15) is 71.4 Å². The number of alkyl halides is 3. The summed E-state index contributed by atoms with van der Waals surface area (Å²) in [6, 6.07) is 2.92. The van der Waals surface area contributed by atoms with Gasteiger partial charge in [0.15, 0.2) is 5.96 Å². The van der Waals surface area contributed by atoms with Crippen molar-refractivity contribution < 1.29 is 37.0 Å². The molecule has 1 aromatic carbocycles. The molecule has 0 radical (unpaired) electrons. The topological polar surface area (TPSA) is 115 Å². The van der Waals surface area contributed by atoms with Crippen LogP contribution in [0.2, 0.25) is 0 Å². The van der Waals surface area contributed by atoms with Gasteiger partial charge in [-0.1, -0.05) is 6.92 Å². The zero-order valence-electron chi connectivity index (χ0n) is 22.9. The van der Waals surface area contributed by atoms with E-state index in [1.165, 1.54) is 23.1 Å². The summed E-state index contributed by atoms with van der Waals surface area (Å²) in [6.45, 7) is 7.93. The van der Waals surface area contributed by atoms with Gasteiger partial charge in [-0.3, -0.25) is 14.5 Å². The number of carbonyl (C=O) groups is 2. The second-order valence-corrected chi connectivity index (χ2v) is 11.5. The lowest BCUT2D eigenvalue weighted by molar-refractivity contribution is -0.274. The van der Waals surface area contributed by atoms with Gasteiger partial charge in [-0.15, -0.1) is 13.2 Å². The first kappa shape index (κ1) is 29.0. The van der Waals surface area contributed by atoms with Gasteiger partial charge in [-0.05, 0) is 64.2 Å². The zero-order chi connectivity index (χ0) is 28.8. The normalized spacial score (nSPS) is 28.6. The molecule has 216 valence electrons. The number of halogens is 3. The molecule has 0 spiro atoms. The number of benzene rings is 1. The van der Waals surface area contributed by atoms with E-state index in [1.54, 1.807) is 7.11 Å². The predicted molar refractivity (Wildman–Crippen MR) is 137 cm³/mol. The standard InChI is InChI=1S/C27H37F3N4O5/c1-6-26(4)14-22(35)34(24(31)33-26)20(9-10-37-5)16-12-17(16)23(36)32-19-13-25(2,3)39-21-8-7-15(11-18(19)21)38-27(28,29)30/h7-8,11,16-17,19-20H,6,9-10,12-14H2,1-5H3,(H2,31,33)(H,32,36)/t16?,17-,19?,20-,26-/m1/s1. The van der Waals surface area contributed by atoms with Crippen LogP contribution in [-0.4, -0.2) is 59.9 Å². The Morgan fingerprint density at radius 3 is 2.67 bits per heavy atom. The van der Waals surface area contributed by atoms with Gasteiger partial charge in [0.2, 0.25) is 11.8 Å². The molecule has 4 rings (SSSR count). The van der Waals surface area contributed by atoms with E-state index in [9.17, 15) is 22.8 Å². The van der Waals surface area contributed by atoms with Gasteiger partial charge in [0.05, 0.1) is 18.0 Å². The third-order valence-electron chi connectivity index (χ3n) is 7.80. The first-order chi connectivity index (χ1) is 18.1. The molecule has 1 aromatic rings. The Kier molecular flexibility index (Phi) is 7.81. The Morgan fingerprint density at radius 2 is 2.05 bits per heavy atom. The molecular formula is C27H37F3N4O5. The van der Waals surface area contributed by atoms with Gasteiger partial charge in [0.25, 0.3) is 0 Å². The lowest BCUT2D eigenvalue weighted by Crippen LogP contribution is -2.56. The average molecular weight is 555 g/mol. The van der Waals surface area contributed by atoms with Crippen molar-refractivity contribution >= 4 is 17.8 Å². The molecule has 0 bridgehead atoms. The zero-order valence-corrected chi connectivity index (χ0v) is 22.9. The highest BCUT2D eigenvalue weighted by Gasteiger charge is 2.53. The number of guanidine groups is 1. The molecule has 0 aromatic heterocycles. The monoisotopic (exact) mass is 554 g/mol. The van der Waals surface area contributed by atoms with Crippen molar-refractivity contribution in [2.75, 3.05) is 13.7 Å². The van der Waals surface area contributed by atoms with E-state index in [2.05, 4.69) is 15.0 Å². The molecule has 12 heteroatoms. The van der Waals surface area contributed by atoms with Crippen LogP contribution >= 0.6 is 0 Å². The summed E-state index contributed by atoms with van der Waals surface area (Å²) in [5, 5.41) is 3.02. The van der Waals surface area contributed by atoms with Crippen LogP contribution < -0.4 is 20.5 Å². The van der Waals surface area contributed by atoms with Crippen LogP contribution in [0.4, 0.5) is 13.2 Å². The van der Waals surface area contributed by atoms with E-state index in [-0.39, 0.29) is 41.9 Å². The van der Waals surface area contributed by atoms with E-state index in [0.29, 0.717) is 43.6 Å². The maximum atomic E-state index is 13.4. The van der Waals surface area contributed by atoms with Crippen molar-refractivity contribution in [2.24, 2.45) is 22.6 Å². The SMILES string of the molecule is CC[C@]1(C)CC(=O)N([C@H](CCOC)C2C[C@H]2C(=O)NC2CC(C)(C)Oc3ccc(OC(F)(F)F)cc32)C(N)=N1. The molecule has 1 fully saturated rings. The molecule has 0 saturated heterocycles. The minimum absolute atomic E-state index is 0.128. The van der Waals surface area contributed by atoms with Crippen molar-refractivity contribution in [1.82, 2.24) is 10.2 Å². The first-order valence-electron chi connectivity index (χ1n) is 13.2. The van der Waals surface area contributed by atoms with E-state index in [1.807, 2.05) is 27.7 Å². The van der Waals surface area contributed by atoms with Crippen molar-refractivity contribution in [1.29, 1.82) is 0 Å². The number of ether oxygens (including phenoxy) is 3. The predicted octanol–water partition coefficient (Wildman–Crippen LogP) is 4.06. The van der Waals surface area contributed by atoms with Crippen molar-refractivity contribution in [3.05, 3.63) is 23.8 Å². The summed E-state index contributed by atoms with van der Waals surface area (Å²) >= 11 is 0. The Balaban J connectivity index is 1.52. The fraction of sp³-hybridized carbons (Fsp3) is 0.667. The number of aliphatic imine (C=N–C) groups is 1. The highest BCUT2D eigenvalue weighted by Crippen LogP contribution is 2.47. The second kappa shape index (κ2) is 10.5. The van der Waals surface area contributed by atoms with Crippen molar-refractivity contribution in [2.45, 2.75) is 89.4 Å². The summed E-state index contributed by atoms with van der Waals surface area (Å²) in [5.74, 6) is -0.761. The van der Waals surface area contributed by atoms with E-state index < -0.39 is 29.5 Å². The van der Waals surface area contributed by atoms with Gasteiger partial charge in [-0.2, -0.15) is 0 Å². The molecular weight excluding hydrogens is 517 g/mol. The van der Waals surface area contributed by atoms with Crippen LogP contribution in [0.3, 0.4) is 0 Å². The third-order valence-corrected chi connectivity index (χ3v) is 7.80. The van der Waals surface area contributed by atoms with Gasteiger partial charge in [-0.25, -0.2) is 4.99 Å². The molecule has 2 heterocycles. The lowest BCUT2D eigenvalue weighted by Gasteiger charge is -2.39. The quantitative estimate of drug-likeness (QED) is 0.476. The van der Waals surface area contributed by atoms with Crippen molar-refractivity contribution in [3.8, 4) is 11.5 Å². The lowest BCUT2D eigenvalue weighted by atomic mass is 9.89. The molecule has 1 saturated carbocycles. The summed E-state index contributed by atoms with van der Waals surface area (Å²) < 4.78 is 53.8. The van der Waals surface area contributed by atoms with Gasteiger partial charge >= 0.3 is 6.36 Å². The Hall–Kier alpha value is -3.02. The van der Waals surface area contributed by atoms with Crippen molar-refractivity contribution in [3.63, 3.8) is 0 Å². The number of nitrogens with zero attached hydrogens (tertiary/aromatic N) is 2. The highest BCUT2D eigenvalue weighted by molar-refractivity contribution is 5.99. The fourth-order valence-corrected chi connectivity index (χ4v) is 5.62. The summed E-state index contributed by atoms with van der Waals surface area (Å²) in [4.78, 5) is 32.7. The minimum atomic E-state index is -4.84. The van der Waals surface area contributed by atoms with E-state index in [0.717, 1.165) is 0 Å². The molecule has 3 N–H and O–H groups in total. The second-order valence-electron chi connectivity index (χ2n) is 11.5. The van der Waals surface area contributed by atoms with E-state index in [4.69, 9.17) is 15.2 Å². The largest absolute Gasteiger partial charge is 0.573 e. The molecule has 2 unspecified atom stereocenters. The number of nitrogens with one attached hydrogen (secondary N) is 1. The number of hydrogen-bond donors (Lipinski definition) is 2. The number of hydrogen-bond acceptors (Lipinski definition) is 7. The number of fused-ring (bicyclic) bond motifs is 1. The molecule has 5 atom stereocenters. The molecule has 2 aliphatic heterocycles. The van der Waals surface area contributed by atoms with Gasteiger partial charge in [0.1, 0.15) is 17.1 Å². The Bertz CT molecular complexity index is 1140. The minimum Gasteiger partial charge on any atom is -0.487 e. The smallest absolute Gasteiger partial charge is 0.487 e. The Labute approximate surface area is 226 Å². The van der Waals surface area contributed by atoms with Crippen LogP contribution in [-0.2, 0) is 14.3 Å². The molecule has 2 amide bonds. The van der Waals surface area contributed by atoms with Gasteiger partial charge in [0, 0.05) is 37.7 Å². The maximum absolute atomic E-state index is 13.4. The Morgan fingerprint density at radius 1 is 1.33 bits per heavy atom. The van der Waals surface area contributed by atoms with Crippen LogP contribution in [0.5, 0.6) is 11.5 Å².